The lowest BCUT2D eigenvalue weighted by atomic mass is 10.1. The van der Waals surface area contributed by atoms with Gasteiger partial charge in [-0.15, -0.1) is 0 Å². The van der Waals surface area contributed by atoms with E-state index in [9.17, 15) is 0 Å². The molecule has 0 fully saturated rings. The molecule has 0 unspecified atom stereocenters. The van der Waals surface area contributed by atoms with Crippen LogP contribution in [0.4, 0.5) is 5.82 Å². The van der Waals surface area contributed by atoms with Crippen molar-refractivity contribution in [3.05, 3.63) is 18.1 Å². The smallest absolute Gasteiger partial charge is 0.182 e. The molecule has 0 aliphatic rings. The van der Waals surface area contributed by atoms with E-state index in [-0.39, 0.29) is 11.2 Å². The Morgan fingerprint density at radius 2 is 2.14 bits per heavy atom. The highest BCUT2D eigenvalue weighted by Crippen LogP contribution is 2.07. The molecule has 0 saturated heterocycles. The molecule has 0 radical (unpaired) electrons. The maximum absolute atomic E-state index is 8.72. The highest BCUT2D eigenvalue weighted by Gasteiger charge is 2.11. The Morgan fingerprint density at radius 1 is 1.50 bits per heavy atom. The zero-order chi connectivity index (χ0) is 10.6. The molecule has 74 valence electrons. The first kappa shape index (κ1) is 10.4. The molecule has 14 heavy (non-hydrogen) atoms. The van der Waals surface area contributed by atoms with Crippen molar-refractivity contribution >= 4 is 5.82 Å². The van der Waals surface area contributed by atoms with Gasteiger partial charge in [-0.25, -0.2) is 9.97 Å². The van der Waals surface area contributed by atoms with Crippen LogP contribution in [0.3, 0.4) is 0 Å². The Morgan fingerprint density at radius 3 is 2.71 bits per heavy atom. The maximum Gasteiger partial charge on any atom is 0.182 e. The van der Waals surface area contributed by atoms with E-state index in [1.54, 1.807) is 0 Å². The van der Waals surface area contributed by atoms with E-state index in [1.165, 1.54) is 12.4 Å². The summed E-state index contributed by atoms with van der Waals surface area (Å²) in [5.74, 6) is 0.480. The fourth-order valence-electron chi connectivity index (χ4n) is 0.861. The van der Waals surface area contributed by atoms with E-state index in [2.05, 4.69) is 15.3 Å². The van der Waals surface area contributed by atoms with Crippen LogP contribution in [0, 0.1) is 11.3 Å². The van der Waals surface area contributed by atoms with Gasteiger partial charge in [0.25, 0.3) is 0 Å². The SMILES string of the molecule is CC(C)(N)CNc1nccnc1C#N. The Balaban J connectivity index is 2.73. The lowest BCUT2D eigenvalue weighted by Gasteiger charge is -2.19. The highest BCUT2D eigenvalue weighted by atomic mass is 15.0. The zero-order valence-electron chi connectivity index (χ0n) is 8.28. The molecule has 0 atom stereocenters. The van der Waals surface area contributed by atoms with Crippen molar-refractivity contribution in [2.45, 2.75) is 19.4 Å². The summed E-state index contributed by atoms with van der Waals surface area (Å²) in [5, 5.41) is 11.7. The largest absolute Gasteiger partial charge is 0.366 e. The summed E-state index contributed by atoms with van der Waals surface area (Å²) in [6, 6.07) is 1.95. The van der Waals surface area contributed by atoms with E-state index in [0.29, 0.717) is 12.4 Å². The van der Waals surface area contributed by atoms with E-state index < -0.39 is 0 Å². The number of nitriles is 1. The maximum atomic E-state index is 8.72. The van der Waals surface area contributed by atoms with Gasteiger partial charge in [-0.05, 0) is 13.8 Å². The Hall–Kier alpha value is -1.67. The zero-order valence-corrected chi connectivity index (χ0v) is 8.28. The van der Waals surface area contributed by atoms with Gasteiger partial charge in [-0.1, -0.05) is 0 Å². The van der Waals surface area contributed by atoms with Gasteiger partial charge in [0, 0.05) is 24.5 Å². The molecule has 0 bridgehead atoms. The Kier molecular flexibility index (Phi) is 2.99. The number of hydrogen-bond donors (Lipinski definition) is 2. The van der Waals surface area contributed by atoms with Crippen LogP contribution >= 0.6 is 0 Å². The van der Waals surface area contributed by atoms with Crippen LogP contribution in [0.5, 0.6) is 0 Å². The molecule has 3 N–H and O–H groups in total. The van der Waals surface area contributed by atoms with Crippen LogP contribution in [0.2, 0.25) is 0 Å². The third-order valence-corrected chi connectivity index (χ3v) is 1.52. The molecule has 0 spiro atoms. The van der Waals surface area contributed by atoms with Crippen molar-refractivity contribution in [2.24, 2.45) is 5.73 Å². The Bertz CT molecular complexity index is 347. The number of nitrogens with two attached hydrogens (primary N) is 1. The Labute approximate surface area is 83.0 Å². The minimum Gasteiger partial charge on any atom is -0.366 e. The van der Waals surface area contributed by atoms with Gasteiger partial charge in [0.1, 0.15) is 6.07 Å². The molecule has 1 aromatic rings. The quantitative estimate of drug-likeness (QED) is 0.726. The number of anilines is 1. The van der Waals surface area contributed by atoms with Crippen molar-refractivity contribution in [2.75, 3.05) is 11.9 Å². The molecule has 5 heteroatoms. The summed E-state index contributed by atoms with van der Waals surface area (Å²) >= 11 is 0. The summed E-state index contributed by atoms with van der Waals surface area (Å²) in [5.41, 5.74) is 5.73. The summed E-state index contributed by atoms with van der Waals surface area (Å²) in [6.07, 6.45) is 3.02. The van der Waals surface area contributed by atoms with Gasteiger partial charge in [-0.2, -0.15) is 5.26 Å². The number of rotatable bonds is 3. The van der Waals surface area contributed by atoms with E-state index >= 15 is 0 Å². The van der Waals surface area contributed by atoms with Gasteiger partial charge >= 0.3 is 0 Å². The molecule has 0 saturated carbocycles. The summed E-state index contributed by atoms with van der Waals surface area (Å²) in [4.78, 5) is 7.87. The van der Waals surface area contributed by atoms with Gasteiger partial charge in [0.05, 0.1) is 0 Å². The molecular weight excluding hydrogens is 178 g/mol. The number of nitrogens with one attached hydrogen (secondary N) is 1. The first-order valence-corrected chi connectivity index (χ1v) is 4.27. The van der Waals surface area contributed by atoms with Gasteiger partial charge in [-0.3, -0.25) is 0 Å². The second kappa shape index (κ2) is 4.03. The van der Waals surface area contributed by atoms with Crippen LogP contribution in [0.1, 0.15) is 19.5 Å². The number of hydrogen-bond acceptors (Lipinski definition) is 5. The third kappa shape index (κ3) is 2.99. The molecule has 0 aliphatic heterocycles. The predicted molar refractivity (Wildman–Crippen MR) is 53.5 cm³/mol. The summed E-state index contributed by atoms with van der Waals surface area (Å²) < 4.78 is 0. The normalized spacial score (nSPS) is 10.7. The predicted octanol–water partition coefficient (Wildman–Crippen LogP) is 0.497. The van der Waals surface area contributed by atoms with Gasteiger partial charge < -0.3 is 11.1 Å². The number of nitrogens with zero attached hydrogens (tertiary/aromatic N) is 3. The summed E-state index contributed by atoms with van der Waals surface area (Å²) in [7, 11) is 0. The van der Waals surface area contributed by atoms with Crippen molar-refractivity contribution in [1.82, 2.24) is 9.97 Å². The van der Waals surface area contributed by atoms with Crippen LogP contribution in [0.15, 0.2) is 12.4 Å². The molecule has 0 amide bonds. The standard InChI is InChI=1S/C9H13N5/c1-9(2,11)6-14-8-7(5-10)12-3-4-13-8/h3-4H,6,11H2,1-2H3,(H,13,14). The molecule has 1 aromatic heterocycles. The molecule has 0 aromatic carbocycles. The number of aromatic nitrogens is 2. The second-order valence-electron chi connectivity index (χ2n) is 3.71. The molecule has 1 heterocycles. The van der Waals surface area contributed by atoms with Crippen molar-refractivity contribution in [3.8, 4) is 6.07 Å². The molecule has 5 nitrogen and oxygen atoms in total. The van der Waals surface area contributed by atoms with Crippen molar-refractivity contribution in [3.63, 3.8) is 0 Å². The lowest BCUT2D eigenvalue weighted by Crippen LogP contribution is -2.39. The third-order valence-electron chi connectivity index (χ3n) is 1.52. The van der Waals surface area contributed by atoms with Crippen LogP contribution in [-0.4, -0.2) is 22.1 Å². The minimum atomic E-state index is -0.343. The van der Waals surface area contributed by atoms with Crippen LogP contribution < -0.4 is 11.1 Å². The average Bonchev–Trinajstić information content (AvgIpc) is 2.14. The monoisotopic (exact) mass is 191 g/mol. The molecule has 1 rings (SSSR count). The minimum absolute atomic E-state index is 0.289. The average molecular weight is 191 g/mol. The highest BCUT2D eigenvalue weighted by molar-refractivity contribution is 5.46. The first-order chi connectivity index (χ1) is 6.53. The van der Waals surface area contributed by atoms with Crippen molar-refractivity contribution in [1.29, 1.82) is 5.26 Å². The fraction of sp³-hybridized carbons (Fsp3) is 0.444. The first-order valence-electron chi connectivity index (χ1n) is 4.27. The van der Waals surface area contributed by atoms with E-state index in [0.717, 1.165) is 0 Å². The molecular formula is C9H13N5. The van der Waals surface area contributed by atoms with Gasteiger partial charge in [0.15, 0.2) is 11.5 Å². The summed E-state index contributed by atoms with van der Waals surface area (Å²) in [6.45, 7) is 4.32. The van der Waals surface area contributed by atoms with Crippen molar-refractivity contribution < 1.29 is 0 Å². The van der Waals surface area contributed by atoms with Gasteiger partial charge in [0.2, 0.25) is 0 Å². The van der Waals surface area contributed by atoms with Crippen LogP contribution in [-0.2, 0) is 0 Å². The molecule has 0 aliphatic carbocycles. The fourth-order valence-corrected chi connectivity index (χ4v) is 0.861. The van der Waals surface area contributed by atoms with E-state index in [4.69, 9.17) is 11.0 Å². The van der Waals surface area contributed by atoms with Crippen LogP contribution in [0.25, 0.3) is 0 Å². The topological polar surface area (TPSA) is 87.6 Å². The second-order valence-corrected chi connectivity index (χ2v) is 3.71. The lowest BCUT2D eigenvalue weighted by molar-refractivity contribution is 0.548. The van der Waals surface area contributed by atoms with E-state index in [1.807, 2.05) is 19.9 Å².